The number of rotatable bonds is 14. The summed E-state index contributed by atoms with van der Waals surface area (Å²) in [5.74, 6) is -1.40. The molecule has 1 atom stereocenters. The molecular weight excluding hydrogens is 316 g/mol. The Labute approximate surface area is 152 Å². The normalized spacial score (nSPS) is 13.9. The third-order valence-corrected chi connectivity index (χ3v) is 3.59. The van der Waals surface area contributed by atoms with Crippen LogP contribution in [0.1, 0.15) is 51.9 Å². The number of allylic oxidation sites excluding steroid dienone is 10. The van der Waals surface area contributed by atoms with Gasteiger partial charge in [0, 0.05) is 0 Å². The molecule has 0 spiro atoms. The van der Waals surface area contributed by atoms with Crippen LogP contribution in [-0.4, -0.2) is 16.4 Å². The summed E-state index contributed by atoms with van der Waals surface area (Å²) in [5.41, 5.74) is 0. The number of carboxylic acids is 1. The van der Waals surface area contributed by atoms with Gasteiger partial charge in [-0.15, -0.1) is 0 Å². The largest absolute Gasteiger partial charge is 0.481 e. The molecule has 1 unspecified atom stereocenters. The molecule has 0 aliphatic heterocycles. The maximum atomic E-state index is 10.8. The number of aliphatic carboxylic acids is 1. The van der Waals surface area contributed by atoms with E-state index >= 15 is 0 Å². The molecule has 0 aliphatic carbocycles. The molecule has 0 heterocycles. The Bertz CT molecular complexity index is 470. The van der Waals surface area contributed by atoms with Crippen molar-refractivity contribution >= 4 is 23.6 Å². The summed E-state index contributed by atoms with van der Waals surface area (Å²) in [4.78, 5) is 10.8. The molecule has 0 amide bonds. The van der Waals surface area contributed by atoms with Crippen molar-refractivity contribution in [2.45, 2.75) is 51.9 Å². The van der Waals surface area contributed by atoms with Gasteiger partial charge in [0.1, 0.15) is 0 Å². The Kier molecular flexibility index (Phi) is 16.3. The molecule has 0 aromatic carbocycles. The second-order valence-corrected chi connectivity index (χ2v) is 5.64. The average molecular weight is 347 g/mol. The Hall–Kier alpha value is -1.74. The van der Waals surface area contributed by atoms with Gasteiger partial charge in [0.05, 0.1) is 5.92 Å². The average Bonchev–Trinajstić information content (AvgIpc) is 2.57. The molecular formula is C21H30O2S. The summed E-state index contributed by atoms with van der Waals surface area (Å²) in [6.07, 6.45) is 27.8. The topological polar surface area (TPSA) is 37.3 Å². The minimum atomic E-state index is -0.853. The predicted molar refractivity (Wildman–Crippen MR) is 108 cm³/mol. The molecule has 0 saturated heterocycles. The second kappa shape index (κ2) is 17.6. The summed E-state index contributed by atoms with van der Waals surface area (Å²) in [6, 6.07) is 0. The molecule has 0 radical (unpaired) electrons. The molecule has 24 heavy (non-hydrogen) atoms. The van der Waals surface area contributed by atoms with Crippen LogP contribution in [0.25, 0.3) is 0 Å². The van der Waals surface area contributed by atoms with Gasteiger partial charge in [-0.3, -0.25) is 4.79 Å². The zero-order chi connectivity index (χ0) is 17.9. The van der Waals surface area contributed by atoms with Crippen molar-refractivity contribution in [2.24, 2.45) is 5.92 Å². The van der Waals surface area contributed by atoms with Crippen molar-refractivity contribution < 1.29 is 9.90 Å². The van der Waals surface area contributed by atoms with Crippen LogP contribution in [0.15, 0.2) is 60.8 Å². The van der Waals surface area contributed by atoms with Crippen LogP contribution in [0.5, 0.6) is 0 Å². The van der Waals surface area contributed by atoms with E-state index in [1.54, 1.807) is 0 Å². The lowest BCUT2D eigenvalue weighted by atomic mass is 10.1. The fraction of sp³-hybridized carbons (Fsp3) is 0.429. The highest BCUT2D eigenvalue weighted by Gasteiger charge is 2.10. The van der Waals surface area contributed by atoms with E-state index in [1.807, 2.05) is 12.2 Å². The molecule has 1 N–H and O–H groups in total. The Morgan fingerprint density at radius 1 is 0.833 bits per heavy atom. The summed E-state index contributed by atoms with van der Waals surface area (Å²) in [5, 5.41) is 10.2. The lowest BCUT2D eigenvalue weighted by molar-refractivity contribution is -0.139. The predicted octanol–water partition coefficient (Wildman–Crippen LogP) is 6.22. The number of carboxylic acid groups (broad SMARTS) is 1. The maximum Gasteiger partial charge on any atom is 0.311 e. The lowest BCUT2D eigenvalue weighted by Gasteiger charge is -2.00. The van der Waals surface area contributed by atoms with Gasteiger partial charge in [-0.1, -0.05) is 79.9 Å². The summed E-state index contributed by atoms with van der Waals surface area (Å²) in [6.45, 7) is 2.14. The van der Waals surface area contributed by atoms with E-state index in [4.69, 9.17) is 17.3 Å². The van der Waals surface area contributed by atoms with E-state index < -0.39 is 11.9 Å². The Morgan fingerprint density at radius 3 is 1.75 bits per heavy atom. The third kappa shape index (κ3) is 15.2. The van der Waals surface area contributed by atoms with Crippen molar-refractivity contribution in [1.82, 2.24) is 0 Å². The smallest absolute Gasteiger partial charge is 0.311 e. The van der Waals surface area contributed by atoms with Gasteiger partial charge in [-0.2, -0.15) is 0 Å². The van der Waals surface area contributed by atoms with Crippen LogP contribution < -0.4 is 0 Å². The molecule has 0 aromatic rings. The van der Waals surface area contributed by atoms with Crippen LogP contribution in [0.4, 0.5) is 0 Å². The highest BCUT2D eigenvalue weighted by molar-refractivity contribution is 7.79. The highest BCUT2D eigenvalue weighted by atomic mass is 32.1. The molecule has 0 fully saturated rings. The summed E-state index contributed by atoms with van der Waals surface area (Å²) < 4.78 is 0. The number of unbranched alkanes of at least 4 members (excludes halogenated alkanes) is 1. The highest BCUT2D eigenvalue weighted by Crippen LogP contribution is 2.04. The second-order valence-electron chi connectivity index (χ2n) is 5.37. The van der Waals surface area contributed by atoms with Gasteiger partial charge >= 0.3 is 5.97 Å². The van der Waals surface area contributed by atoms with Gasteiger partial charge in [-0.25, -0.2) is 0 Å². The van der Waals surface area contributed by atoms with E-state index in [-0.39, 0.29) is 0 Å². The SMILES string of the molecule is CCC=CCC=CCC=CCC=CCCC=CCC(C=S)C(=O)O. The first kappa shape index (κ1) is 22.3. The first-order valence-electron chi connectivity index (χ1n) is 8.65. The van der Waals surface area contributed by atoms with Crippen molar-refractivity contribution in [3.05, 3.63) is 60.8 Å². The molecule has 2 nitrogen and oxygen atoms in total. The summed E-state index contributed by atoms with van der Waals surface area (Å²) >= 11 is 4.70. The molecule has 0 aromatic heterocycles. The van der Waals surface area contributed by atoms with Crippen LogP contribution >= 0.6 is 12.2 Å². The lowest BCUT2D eigenvalue weighted by Crippen LogP contribution is -2.12. The molecule has 0 bridgehead atoms. The zero-order valence-corrected chi connectivity index (χ0v) is 15.5. The fourth-order valence-electron chi connectivity index (χ4n) is 1.87. The first-order chi connectivity index (χ1) is 11.7. The molecule has 3 heteroatoms. The molecule has 132 valence electrons. The van der Waals surface area contributed by atoms with Crippen molar-refractivity contribution in [3.63, 3.8) is 0 Å². The van der Waals surface area contributed by atoms with Crippen LogP contribution in [0, 0.1) is 5.92 Å². The third-order valence-electron chi connectivity index (χ3n) is 3.26. The van der Waals surface area contributed by atoms with E-state index in [0.717, 1.165) is 38.5 Å². The van der Waals surface area contributed by atoms with Gasteiger partial charge in [-0.05, 0) is 50.3 Å². The van der Waals surface area contributed by atoms with Gasteiger partial charge in [0.25, 0.3) is 0 Å². The zero-order valence-electron chi connectivity index (χ0n) is 14.6. The maximum absolute atomic E-state index is 10.8. The van der Waals surface area contributed by atoms with E-state index in [0.29, 0.717) is 6.42 Å². The summed E-state index contributed by atoms with van der Waals surface area (Å²) in [7, 11) is 0. The van der Waals surface area contributed by atoms with Crippen LogP contribution in [-0.2, 0) is 4.79 Å². The number of carbonyl (C=O) groups is 1. The Balaban J connectivity index is 3.62. The molecule has 0 aliphatic rings. The fourth-order valence-corrected chi connectivity index (χ4v) is 2.09. The van der Waals surface area contributed by atoms with E-state index in [9.17, 15) is 4.79 Å². The molecule has 0 saturated carbocycles. The quantitative estimate of drug-likeness (QED) is 0.230. The number of hydrogen-bond donors (Lipinski definition) is 1. The number of hydrogen-bond acceptors (Lipinski definition) is 2. The van der Waals surface area contributed by atoms with E-state index in [1.165, 1.54) is 5.37 Å². The van der Waals surface area contributed by atoms with Crippen LogP contribution in [0.3, 0.4) is 0 Å². The number of thiocarbonyl (C=S) groups is 1. The standard InChI is InChI=1S/C21H30O2S/c1-2-3-4-5-6-7-8-9-10-11-12-13-14-15-16-17-18-20(19-24)21(22)23/h3-4,6-7,9-10,12-13,16-17,19-20H,2,5,8,11,14-15,18H2,1H3,(H,22,23). The van der Waals surface area contributed by atoms with E-state index in [2.05, 4.69) is 55.5 Å². The monoisotopic (exact) mass is 346 g/mol. The van der Waals surface area contributed by atoms with Gasteiger partial charge < -0.3 is 5.11 Å². The van der Waals surface area contributed by atoms with Crippen LogP contribution in [0.2, 0.25) is 0 Å². The van der Waals surface area contributed by atoms with Crippen molar-refractivity contribution in [2.75, 3.05) is 0 Å². The molecule has 0 rings (SSSR count). The minimum absolute atomic E-state index is 0.479. The van der Waals surface area contributed by atoms with Gasteiger partial charge in [0.15, 0.2) is 0 Å². The first-order valence-corrected chi connectivity index (χ1v) is 9.12. The van der Waals surface area contributed by atoms with Crippen molar-refractivity contribution in [3.8, 4) is 0 Å². The van der Waals surface area contributed by atoms with Crippen molar-refractivity contribution in [1.29, 1.82) is 0 Å². The Morgan fingerprint density at radius 2 is 1.29 bits per heavy atom. The van der Waals surface area contributed by atoms with Gasteiger partial charge in [0.2, 0.25) is 0 Å². The minimum Gasteiger partial charge on any atom is -0.481 e.